The smallest absolute Gasteiger partial charge is 0.319 e. The summed E-state index contributed by atoms with van der Waals surface area (Å²) in [6, 6.07) is 7.94. The average Bonchev–Trinajstić information content (AvgIpc) is 3.41. The van der Waals surface area contributed by atoms with Crippen LogP contribution in [-0.2, 0) is 15.9 Å². The summed E-state index contributed by atoms with van der Waals surface area (Å²) in [6.07, 6.45) is 2.67. The molecule has 1 aromatic carbocycles. The Morgan fingerprint density at radius 2 is 1.92 bits per heavy atom. The molecule has 0 radical (unpaired) electrons. The van der Waals surface area contributed by atoms with Crippen molar-refractivity contribution in [3.05, 3.63) is 42.5 Å². The molecule has 12 heteroatoms. The van der Waals surface area contributed by atoms with E-state index in [0.717, 1.165) is 18.5 Å². The average molecular weight is 525 g/mol. The molecule has 7 N–H and O–H groups in total. The maximum Gasteiger partial charge on any atom is 0.319 e. The largest absolute Gasteiger partial charge is 0.385 e. The maximum absolute atomic E-state index is 12.3. The quantitative estimate of drug-likeness (QED) is 0.266. The molecule has 2 aliphatic rings. The lowest BCUT2D eigenvalue weighted by atomic mass is 9.80. The highest BCUT2D eigenvalue weighted by atomic mass is 16.5. The van der Waals surface area contributed by atoms with Crippen LogP contribution in [0.5, 0.6) is 0 Å². The van der Waals surface area contributed by atoms with Crippen molar-refractivity contribution in [3.8, 4) is 0 Å². The predicted octanol–water partition coefficient (Wildman–Crippen LogP) is 1.30. The van der Waals surface area contributed by atoms with E-state index in [2.05, 4.69) is 51.7 Å². The molecule has 1 saturated carbocycles. The summed E-state index contributed by atoms with van der Waals surface area (Å²) >= 11 is 0. The van der Waals surface area contributed by atoms with E-state index in [0.29, 0.717) is 30.2 Å². The summed E-state index contributed by atoms with van der Waals surface area (Å²) in [5.41, 5.74) is 6.86. The molecule has 1 saturated heterocycles. The number of nitrogen functional groups attached to an aromatic ring is 1. The third-order valence-corrected chi connectivity index (χ3v) is 7.52. The molecular formula is C26H36N8O4. The van der Waals surface area contributed by atoms with E-state index in [4.69, 9.17) is 10.5 Å². The molecule has 3 aromatic rings. The molecule has 1 aliphatic carbocycles. The number of ether oxygens (including phenoxy) is 1. The van der Waals surface area contributed by atoms with Gasteiger partial charge in [-0.15, -0.1) is 0 Å². The Hall–Kier alpha value is -3.32. The topological polar surface area (TPSA) is 172 Å². The van der Waals surface area contributed by atoms with Gasteiger partial charge in [-0.05, 0) is 41.9 Å². The summed E-state index contributed by atoms with van der Waals surface area (Å²) in [5, 5.41) is 31.3. The van der Waals surface area contributed by atoms with Crippen molar-refractivity contribution in [1.82, 2.24) is 30.2 Å². The molecule has 38 heavy (non-hydrogen) atoms. The van der Waals surface area contributed by atoms with Gasteiger partial charge in [0.2, 0.25) is 0 Å². The number of nitrogens with two attached hydrogens (primary N) is 1. The Bertz CT molecular complexity index is 1280. The zero-order valence-corrected chi connectivity index (χ0v) is 21.9. The van der Waals surface area contributed by atoms with Gasteiger partial charge in [-0.2, -0.15) is 0 Å². The summed E-state index contributed by atoms with van der Waals surface area (Å²) in [7, 11) is 0. The van der Waals surface area contributed by atoms with E-state index in [1.54, 1.807) is 0 Å². The standard InChI is InChI=1S/C26H36N8O4/c1-25(2,3)16-4-6-17(7-5-16)33-24(36)29-10-15-8-18(9-15)28-11-19-21(35)26(37,12-38-19)34-14-32-20-22(27)30-13-31-23(20)34/h4-7,13-15,18-19,21,28,35,37H,8-12H2,1-3H3,(H2,27,30,31)(H2,29,33,36). The SMILES string of the molecule is CC(C)(C)c1ccc(NC(=O)NCC2CC(NCC3OCC(O)(n4cnc5c(N)ncnc54)C3O)C2)cc1. The summed E-state index contributed by atoms with van der Waals surface area (Å²) in [6.45, 7) is 7.32. The van der Waals surface area contributed by atoms with Gasteiger partial charge in [0.1, 0.15) is 24.1 Å². The van der Waals surface area contributed by atoms with Gasteiger partial charge in [-0.3, -0.25) is 4.57 Å². The highest BCUT2D eigenvalue weighted by molar-refractivity contribution is 5.89. The molecule has 0 bridgehead atoms. The second-order valence-electron chi connectivity index (χ2n) is 11.3. The number of fused-ring (bicyclic) bond motifs is 1. The number of anilines is 2. The van der Waals surface area contributed by atoms with Gasteiger partial charge >= 0.3 is 6.03 Å². The van der Waals surface area contributed by atoms with E-state index in [9.17, 15) is 15.0 Å². The molecule has 3 heterocycles. The molecule has 204 valence electrons. The van der Waals surface area contributed by atoms with Gasteiger partial charge in [0.05, 0.1) is 12.9 Å². The monoisotopic (exact) mass is 524 g/mol. The molecular weight excluding hydrogens is 488 g/mol. The van der Waals surface area contributed by atoms with E-state index < -0.39 is 17.9 Å². The first-order valence-electron chi connectivity index (χ1n) is 12.9. The van der Waals surface area contributed by atoms with Crippen LogP contribution in [0.4, 0.5) is 16.3 Å². The minimum Gasteiger partial charge on any atom is -0.385 e. The fraction of sp³-hybridized carbons (Fsp3) is 0.538. The Morgan fingerprint density at radius 1 is 1.18 bits per heavy atom. The molecule has 2 amide bonds. The van der Waals surface area contributed by atoms with Crippen LogP contribution in [0.2, 0.25) is 0 Å². The lowest BCUT2D eigenvalue weighted by Gasteiger charge is -2.37. The molecule has 2 aromatic heterocycles. The molecule has 12 nitrogen and oxygen atoms in total. The third kappa shape index (κ3) is 5.17. The van der Waals surface area contributed by atoms with Gasteiger partial charge in [0.25, 0.3) is 0 Å². The lowest BCUT2D eigenvalue weighted by molar-refractivity contribution is -0.108. The van der Waals surface area contributed by atoms with Gasteiger partial charge in [0, 0.05) is 24.8 Å². The summed E-state index contributed by atoms with van der Waals surface area (Å²) < 4.78 is 7.13. The van der Waals surface area contributed by atoms with Crippen LogP contribution < -0.4 is 21.7 Å². The fourth-order valence-electron chi connectivity index (χ4n) is 5.04. The first kappa shape index (κ1) is 26.3. The van der Waals surface area contributed by atoms with Gasteiger partial charge in [-0.25, -0.2) is 19.7 Å². The summed E-state index contributed by atoms with van der Waals surface area (Å²) in [4.78, 5) is 24.5. The maximum atomic E-state index is 12.3. The van der Waals surface area contributed by atoms with Crippen LogP contribution in [0.25, 0.3) is 11.2 Å². The van der Waals surface area contributed by atoms with Crippen LogP contribution in [0.1, 0.15) is 39.2 Å². The molecule has 3 unspecified atom stereocenters. The first-order valence-corrected chi connectivity index (χ1v) is 12.9. The van der Waals surface area contributed by atoms with Crippen LogP contribution >= 0.6 is 0 Å². The fourth-order valence-corrected chi connectivity index (χ4v) is 5.04. The van der Waals surface area contributed by atoms with Gasteiger partial charge in [0.15, 0.2) is 17.2 Å². The number of aliphatic hydroxyl groups is 2. The second kappa shape index (κ2) is 10.1. The lowest BCUT2D eigenvalue weighted by Crippen LogP contribution is -2.51. The van der Waals surface area contributed by atoms with E-state index in [1.165, 1.54) is 22.8 Å². The number of nitrogens with one attached hydrogen (secondary N) is 3. The number of aromatic nitrogens is 4. The van der Waals surface area contributed by atoms with Crippen molar-refractivity contribution in [2.24, 2.45) is 5.92 Å². The Kier molecular flexibility index (Phi) is 6.99. The molecule has 0 spiro atoms. The number of nitrogens with zero attached hydrogens (tertiary/aromatic N) is 4. The minimum absolute atomic E-state index is 0.0676. The van der Waals surface area contributed by atoms with Gasteiger partial charge < -0.3 is 36.6 Å². The molecule has 3 atom stereocenters. The van der Waals surface area contributed by atoms with Crippen molar-refractivity contribution in [2.75, 3.05) is 30.7 Å². The number of hydrogen-bond acceptors (Lipinski definition) is 9. The van der Waals surface area contributed by atoms with Crippen molar-refractivity contribution >= 4 is 28.7 Å². The molecule has 5 rings (SSSR count). The normalized spacial score (nSPS) is 27.3. The van der Waals surface area contributed by atoms with Crippen molar-refractivity contribution in [1.29, 1.82) is 0 Å². The molecule has 1 aliphatic heterocycles. The number of hydrogen-bond donors (Lipinski definition) is 6. The first-order chi connectivity index (χ1) is 18.0. The number of amides is 2. The van der Waals surface area contributed by atoms with Crippen molar-refractivity contribution in [2.45, 2.75) is 63.0 Å². The zero-order valence-electron chi connectivity index (χ0n) is 21.9. The highest BCUT2D eigenvalue weighted by Gasteiger charge is 2.50. The third-order valence-electron chi connectivity index (χ3n) is 7.52. The van der Waals surface area contributed by atoms with E-state index in [1.807, 2.05) is 24.3 Å². The Morgan fingerprint density at radius 3 is 2.63 bits per heavy atom. The number of carbonyl (C=O) groups is 1. The highest BCUT2D eigenvalue weighted by Crippen LogP contribution is 2.33. The van der Waals surface area contributed by atoms with Crippen LogP contribution in [0.3, 0.4) is 0 Å². The Labute approximate surface area is 221 Å². The second-order valence-corrected chi connectivity index (χ2v) is 11.3. The number of aliphatic hydroxyl groups excluding tert-OH is 1. The number of carbonyl (C=O) groups excluding carboxylic acids is 1. The van der Waals surface area contributed by atoms with E-state index in [-0.39, 0.29) is 29.9 Å². The number of rotatable bonds is 7. The minimum atomic E-state index is -1.71. The number of imidazole rings is 1. The zero-order chi connectivity index (χ0) is 27.1. The van der Waals surface area contributed by atoms with Crippen LogP contribution in [-0.4, -0.2) is 73.7 Å². The van der Waals surface area contributed by atoms with Crippen molar-refractivity contribution in [3.63, 3.8) is 0 Å². The van der Waals surface area contributed by atoms with Crippen molar-refractivity contribution < 1.29 is 19.7 Å². The predicted molar refractivity (Wildman–Crippen MR) is 142 cm³/mol. The van der Waals surface area contributed by atoms with E-state index >= 15 is 0 Å². The van der Waals surface area contributed by atoms with Gasteiger partial charge in [-0.1, -0.05) is 32.9 Å². The molecule has 2 fully saturated rings. The summed E-state index contributed by atoms with van der Waals surface area (Å²) in [5.74, 6) is 0.570. The Balaban J connectivity index is 1.04. The van der Waals surface area contributed by atoms with Crippen LogP contribution in [0.15, 0.2) is 36.9 Å². The van der Waals surface area contributed by atoms with Crippen LogP contribution in [0, 0.1) is 5.92 Å². The number of urea groups is 1. The number of benzene rings is 1.